The molecule has 0 fully saturated rings. The number of carboxylic acid groups (broad SMARTS) is 1. The van der Waals surface area contributed by atoms with Gasteiger partial charge >= 0.3 is 5.97 Å². The first-order valence-corrected chi connectivity index (χ1v) is 4.88. The van der Waals surface area contributed by atoms with Crippen LogP contribution in [-0.4, -0.2) is 28.2 Å². The molecule has 1 aromatic heterocycles. The molecule has 2 unspecified atom stereocenters. The number of carbonyl (C=O) groups excluding carboxylic acids is 1. The van der Waals surface area contributed by atoms with E-state index in [1.807, 2.05) is 0 Å². The Bertz CT molecular complexity index is 399. The fourth-order valence-corrected chi connectivity index (χ4v) is 1.12. The van der Waals surface area contributed by atoms with Crippen molar-refractivity contribution in [2.24, 2.45) is 5.92 Å². The average Bonchev–Trinajstić information content (AvgIpc) is 2.62. The Labute approximate surface area is 92.6 Å². The highest BCUT2D eigenvalue weighted by molar-refractivity contribution is 5.93. The standard InChI is InChI=1S/C10H14N2O4/c1-5-4-11-16-8(5)9(13)12-7(3)6(2)10(14)15/h4,6-7H,1-3H3,(H,12,13)(H,14,15). The number of hydrogen-bond acceptors (Lipinski definition) is 4. The lowest BCUT2D eigenvalue weighted by molar-refractivity contribution is -0.141. The highest BCUT2D eigenvalue weighted by Gasteiger charge is 2.23. The number of aromatic nitrogens is 1. The Morgan fingerprint density at radius 2 is 2.12 bits per heavy atom. The Morgan fingerprint density at radius 3 is 2.56 bits per heavy atom. The molecule has 0 aliphatic heterocycles. The van der Waals surface area contributed by atoms with Crippen LogP contribution < -0.4 is 5.32 Å². The Hall–Kier alpha value is -1.85. The second-order valence-corrected chi connectivity index (χ2v) is 3.73. The lowest BCUT2D eigenvalue weighted by atomic mass is 10.0. The molecule has 6 heteroatoms. The Kier molecular flexibility index (Phi) is 3.65. The highest BCUT2D eigenvalue weighted by Crippen LogP contribution is 2.08. The van der Waals surface area contributed by atoms with E-state index in [2.05, 4.69) is 10.5 Å². The van der Waals surface area contributed by atoms with E-state index in [1.165, 1.54) is 13.1 Å². The van der Waals surface area contributed by atoms with Crippen molar-refractivity contribution in [1.29, 1.82) is 0 Å². The lowest BCUT2D eigenvalue weighted by Crippen LogP contribution is -2.40. The molecule has 0 aromatic carbocycles. The Morgan fingerprint density at radius 1 is 1.50 bits per heavy atom. The third-order valence-electron chi connectivity index (χ3n) is 2.45. The minimum atomic E-state index is -0.956. The van der Waals surface area contributed by atoms with Gasteiger partial charge in [0, 0.05) is 11.6 Å². The molecular formula is C10H14N2O4. The maximum Gasteiger partial charge on any atom is 0.308 e. The summed E-state index contributed by atoms with van der Waals surface area (Å²) in [5.74, 6) is -1.95. The minimum Gasteiger partial charge on any atom is -0.481 e. The topological polar surface area (TPSA) is 92.4 Å². The quantitative estimate of drug-likeness (QED) is 0.792. The van der Waals surface area contributed by atoms with Crippen molar-refractivity contribution in [2.75, 3.05) is 0 Å². The first kappa shape index (κ1) is 12.2. The first-order valence-electron chi connectivity index (χ1n) is 4.88. The number of nitrogens with one attached hydrogen (secondary N) is 1. The van der Waals surface area contributed by atoms with Crippen molar-refractivity contribution < 1.29 is 19.2 Å². The molecule has 0 spiro atoms. The lowest BCUT2D eigenvalue weighted by Gasteiger charge is -2.16. The van der Waals surface area contributed by atoms with Crippen molar-refractivity contribution in [3.05, 3.63) is 17.5 Å². The molecule has 0 saturated heterocycles. The minimum absolute atomic E-state index is 0.115. The van der Waals surface area contributed by atoms with Crippen LogP contribution in [0.4, 0.5) is 0 Å². The molecule has 2 atom stereocenters. The largest absolute Gasteiger partial charge is 0.481 e. The molecule has 1 heterocycles. The van der Waals surface area contributed by atoms with Crippen LogP contribution in [0.1, 0.15) is 30.0 Å². The maximum absolute atomic E-state index is 11.6. The van der Waals surface area contributed by atoms with Crippen LogP contribution in [0.3, 0.4) is 0 Å². The number of hydrogen-bond donors (Lipinski definition) is 2. The SMILES string of the molecule is Cc1cnoc1C(=O)NC(C)C(C)C(=O)O. The number of amides is 1. The number of nitrogens with zero attached hydrogens (tertiary/aromatic N) is 1. The summed E-state index contributed by atoms with van der Waals surface area (Å²) < 4.78 is 4.76. The fourth-order valence-electron chi connectivity index (χ4n) is 1.12. The van der Waals surface area contributed by atoms with Crippen LogP contribution in [0.5, 0.6) is 0 Å². The second kappa shape index (κ2) is 4.78. The normalized spacial score (nSPS) is 14.2. The fraction of sp³-hybridized carbons (Fsp3) is 0.500. The van der Waals surface area contributed by atoms with Crippen molar-refractivity contribution in [3.63, 3.8) is 0 Å². The monoisotopic (exact) mass is 226 g/mol. The van der Waals surface area contributed by atoms with Gasteiger partial charge in [-0.2, -0.15) is 0 Å². The number of aryl methyl sites for hydroxylation is 1. The summed E-state index contributed by atoms with van der Waals surface area (Å²) >= 11 is 0. The van der Waals surface area contributed by atoms with Crippen LogP contribution in [-0.2, 0) is 4.79 Å². The molecule has 0 aliphatic carbocycles. The van der Waals surface area contributed by atoms with Gasteiger partial charge in [0.2, 0.25) is 5.76 Å². The van der Waals surface area contributed by atoms with Gasteiger partial charge in [-0.1, -0.05) is 5.16 Å². The van der Waals surface area contributed by atoms with Crippen molar-refractivity contribution in [1.82, 2.24) is 10.5 Å². The smallest absolute Gasteiger partial charge is 0.308 e. The van der Waals surface area contributed by atoms with E-state index in [0.717, 1.165) is 0 Å². The molecule has 1 amide bonds. The molecule has 16 heavy (non-hydrogen) atoms. The van der Waals surface area contributed by atoms with Gasteiger partial charge in [-0.05, 0) is 20.8 Å². The van der Waals surface area contributed by atoms with E-state index in [4.69, 9.17) is 9.63 Å². The molecule has 1 aromatic rings. The zero-order valence-corrected chi connectivity index (χ0v) is 9.35. The van der Waals surface area contributed by atoms with E-state index in [1.54, 1.807) is 13.8 Å². The van der Waals surface area contributed by atoms with Crippen molar-refractivity contribution in [3.8, 4) is 0 Å². The predicted octanol–water partition coefficient (Wildman–Crippen LogP) is 0.822. The number of carbonyl (C=O) groups is 2. The molecule has 6 nitrogen and oxygen atoms in total. The molecule has 0 aliphatic rings. The zero-order valence-electron chi connectivity index (χ0n) is 9.35. The average molecular weight is 226 g/mol. The summed E-state index contributed by atoms with van der Waals surface area (Å²) in [7, 11) is 0. The molecule has 0 radical (unpaired) electrons. The van der Waals surface area contributed by atoms with Crippen LogP contribution in [0.15, 0.2) is 10.7 Å². The van der Waals surface area contributed by atoms with Gasteiger partial charge in [0.1, 0.15) is 0 Å². The first-order chi connectivity index (χ1) is 7.43. The number of rotatable bonds is 4. The summed E-state index contributed by atoms with van der Waals surface area (Å²) in [4.78, 5) is 22.3. The van der Waals surface area contributed by atoms with E-state index in [-0.39, 0.29) is 5.76 Å². The molecule has 0 bridgehead atoms. The van der Waals surface area contributed by atoms with Crippen LogP contribution in [0.2, 0.25) is 0 Å². The van der Waals surface area contributed by atoms with Crippen LogP contribution in [0, 0.1) is 12.8 Å². The van der Waals surface area contributed by atoms with E-state index in [9.17, 15) is 9.59 Å². The van der Waals surface area contributed by atoms with Gasteiger partial charge in [-0.15, -0.1) is 0 Å². The molecule has 1 rings (SSSR count). The zero-order chi connectivity index (χ0) is 12.3. The number of carboxylic acids is 1. The Balaban J connectivity index is 2.65. The summed E-state index contributed by atoms with van der Waals surface area (Å²) in [6.07, 6.45) is 1.43. The van der Waals surface area contributed by atoms with Gasteiger partial charge in [0.15, 0.2) is 0 Å². The number of aliphatic carboxylic acids is 1. The second-order valence-electron chi connectivity index (χ2n) is 3.73. The summed E-state index contributed by atoms with van der Waals surface area (Å²) in [5.41, 5.74) is 0.618. The van der Waals surface area contributed by atoms with E-state index < -0.39 is 23.8 Å². The predicted molar refractivity (Wildman–Crippen MR) is 55.0 cm³/mol. The van der Waals surface area contributed by atoms with Crippen molar-refractivity contribution in [2.45, 2.75) is 26.8 Å². The van der Waals surface area contributed by atoms with E-state index in [0.29, 0.717) is 5.56 Å². The van der Waals surface area contributed by atoms with E-state index >= 15 is 0 Å². The summed E-state index contributed by atoms with van der Waals surface area (Å²) in [6, 6.07) is -0.477. The molecular weight excluding hydrogens is 212 g/mol. The van der Waals surface area contributed by atoms with Crippen molar-refractivity contribution >= 4 is 11.9 Å². The maximum atomic E-state index is 11.6. The van der Waals surface area contributed by atoms with Crippen LogP contribution in [0.25, 0.3) is 0 Å². The third kappa shape index (κ3) is 2.59. The summed E-state index contributed by atoms with van der Waals surface area (Å²) in [6.45, 7) is 4.85. The summed E-state index contributed by atoms with van der Waals surface area (Å²) in [5, 5.41) is 14.8. The van der Waals surface area contributed by atoms with Gasteiger partial charge in [-0.25, -0.2) is 0 Å². The van der Waals surface area contributed by atoms with Gasteiger partial charge in [0.25, 0.3) is 5.91 Å². The molecule has 2 N–H and O–H groups in total. The molecule has 0 saturated carbocycles. The molecule has 88 valence electrons. The van der Waals surface area contributed by atoms with Gasteiger partial charge < -0.3 is 14.9 Å². The van der Waals surface area contributed by atoms with Crippen LogP contribution >= 0.6 is 0 Å². The highest BCUT2D eigenvalue weighted by atomic mass is 16.5. The third-order valence-corrected chi connectivity index (χ3v) is 2.45. The van der Waals surface area contributed by atoms with Gasteiger partial charge in [-0.3, -0.25) is 9.59 Å². The van der Waals surface area contributed by atoms with Gasteiger partial charge in [0.05, 0.1) is 12.1 Å².